The lowest BCUT2D eigenvalue weighted by molar-refractivity contribution is 0.383. The Kier molecular flexibility index (Phi) is 4.19. The molecule has 2 aromatic rings. The highest BCUT2D eigenvalue weighted by Gasteiger charge is 2.23. The average molecular weight is 325 g/mol. The highest BCUT2D eigenvalue weighted by atomic mass is 15.3. The molecule has 1 aromatic carbocycles. The van der Waals surface area contributed by atoms with Crippen LogP contribution in [0.15, 0.2) is 30.3 Å². The van der Waals surface area contributed by atoms with Gasteiger partial charge in [0.25, 0.3) is 0 Å². The van der Waals surface area contributed by atoms with E-state index in [1.807, 2.05) is 0 Å². The fraction of sp³-hybridized carbons (Fsp3) is 0.526. The van der Waals surface area contributed by atoms with Gasteiger partial charge in [0, 0.05) is 63.4 Å². The fourth-order valence-electron chi connectivity index (χ4n) is 4.00. The zero-order valence-electron chi connectivity index (χ0n) is 14.6. The molecule has 5 nitrogen and oxygen atoms in total. The molecule has 1 aromatic heterocycles. The van der Waals surface area contributed by atoms with Crippen molar-refractivity contribution in [3.63, 3.8) is 0 Å². The van der Waals surface area contributed by atoms with Crippen LogP contribution in [0.4, 0.5) is 11.5 Å². The first-order valence-electron chi connectivity index (χ1n) is 9.00. The van der Waals surface area contributed by atoms with Crippen molar-refractivity contribution in [2.24, 2.45) is 5.92 Å². The van der Waals surface area contributed by atoms with Gasteiger partial charge in [-0.1, -0.05) is 18.2 Å². The summed E-state index contributed by atoms with van der Waals surface area (Å²) in [5.41, 5.74) is 3.98. The third-order valence-corrected chi connectivity index (χ3v) is 5.33. The van der Waals surface area contributed by atoms with E-state index < -0.39 is 0 Å². The van der Waals surface area contributed by atoms with Crippen molar-refractivity contribution < 1.29 is 0 Å². The van der Waals surface area contributed by atoms with E-state index >= 15 is 0 Å². The molecule has 0 amide bonds. The second kappa shape index (κ2) is 6.48. The predicted molar refractivity (Wildman–Crippen MR) is 98.9 cm³/mol. The lowest BCUT2D eigenvalue weighted by atomic mass is 9.90. The summed E-state index contributed by atoms with van der Waals surface area (Å²) in [6.45, 7) is 7.34. The molecule has 5 heteroatoms. The van der Waals surface area contributed by atoms with Crippen LogP contribution in [-0.4, -0.2) is 43.0 Å². The van der Waals surface area contributed by atoms with Gasteiger partial charge < -0.3 is 15.5 Å². The Morgan fingerprint density at radius 3 is 3.08 bits per heavy atom. The van der Waals surface area contributed by atoms with Crippen LogP contribution in [0.2, 0.25) is 0 Å². The van der Waals surface area contributed by atoms with E-state index in [9.17, 15) is 0 Å². The molecule has 2 aliphatic heterocycles. The largest absolute Gasteiger partial charge is 0.374 e. The van der Waals surface area contributed by atoms with Gasteiger partial charge in [0.05, 0.1) is 5.69 Å². The van der Waals surface area contributed by atoms with Gasteiger partial charge in [-0.25, -0.2) is 4.68 Å². The van der Waals surface area contributed by atoms with E-state index in [0.29, 0.717) is 11.8 Å². The molecule has 128 valence electrons. The highest BCUT2D eigenvalue weighted by Crippen LogP contribution is 2.33. The number of benzene rings is 1. The van der Waals surface area contributed by atoms with Gasteiger partial charge in [0.2, 0.25) is 0 Å². The number of fused-ring (bicyclic) bond motifs is 2. The molecular weight excluding hydrogens is 298 g/mol. The van der Waals surface area contributed by atoms with E-state index in [-0.39, 0.29) is 0 Å². The molecule has 3 heterocycles. The summed E-state index contributed by atoms with van der Waals surface area (Å²) in [7, 11) is 2.19. The SMILES string of the molecule is Cc1cc2n(n1)C[C@@H](CNC[C@H]1CCN(C)c3ccccc31)CN2. The normalized spacial score (nSPS) is 22.7. The van der Waals surface area contributed by atoms with Crippen LogP contribution in [0.1, 0.15) is 23.6 Å². The van der Waals surface area contributed by atoms with Gasteiger partial charge in [-0.3, -0.25) is 0 Å². The third-order valence-electron chi connectivity index (χ3n) is 5.33. The summed E-state index contributed by atoms with van der Waals surface area (Å²) in [5.74, 6) is 2.38. The van der Waals surface area contributed by atoms with Crippen molar-refractivity contribution in [2.75, 3.05) is 43.4 Å². The first kappa shape index (κ1) is 15.5. The van der Waals surface area contributed by atoms with Crippen LogP contribution in [0.5, 0.6) is 0 Å². The molecule has 0 saturated carbocycles. The van der Waals surface area contributed by atoms with Crippen molar-refractivity contribution in [3.8, 4) is 0 Å². The number of hydrogen-bond acceptors (Lipinski definition) is 4. The number of aryl methyl sites for hydroxylation is 1. The molecule has 0 fully saturated rings. The summed E-state index contributed by atoms with van der Waals surface area (Å²) < 4.78 is 2.11. The molecule has 2 atom stereocenters. The molecule has 0 spiro atoms. The van der Waals surface area contributed by atoms with E-state index in [1.165, 1.54) is 17.7 Å². The van der Waals surface area contributed by atoms with Gasteiger partial charge >= 0.3 is 0 Å². The number of rotatable bonds is 4. The standard InChI is InChI=1S/C19H27N5/c1-14-9-19-21-11-15(13-24(19)22-14)10-20-12-16-7-8-23(2)18-6-4-3-5-17(16)18/h3-6,9,15-16,20-21H,7-8,10-13H2,1-2H3/t15-,16+/m0/s1. The Bertz CT molecular complexity index is 708. The minimum absolute atomic E-state index is 0.596. The molecule has 0 unspecified atom stereocenters. The summed E-state index contributed by atoms with van der Waals surface area (Å²) in [6, 6.07) is 11.0. The Hall–Kier alpha value is -2.01. The first-order chi connectivity index (χ1) is 11.7. The molecule has 0 bridgehead atoms. The van der Waals surface area contributed by atoms with E-state index in [2.05, 4.69) is 69.6 Å². The summed E-state index contributed by atoms with van der Waals surface area (Å²) in [4.78, 5) is 2.37. The highest BCUT2D eigenvalue weighted by molar-refractivity contribution is 5.56. The van der Waals surface area contributed by atoms with Crippen molar-refractivity contribution >= 4 is 11.5 Å². The van der Waals surface area contributed by atoms with Crippen LogP contribution < -0.4 is 15.5 Å². The maximum Gasteiger partial charge on any atom is 0.124 e. The minimum atomic E-state index is 0.596. The zero-order valence-corrected chi connectivity index (χ0v) is 14.6. The topological polar surface area (TPSA) is 45.1 Å². The Morgan fingerprint density at radius 1 is 1.29 bits per heavy atom. The molecule has 2 aliphatic rings. The monoisotopic (exact) mass is 325 g/mol. The number of hydrogen-bond donors (Lipinski definition) is 2. The van der Waals surface area contributed by atoms with Crippen LogP contribution in [0.3, 0.4) is 0 Å². The Balaban J connectivity index is 1.33. The molecular formula is C19H27N5. The fourth-order valence-corrected chi connectivity index (χ4v) is 4.00. The van der Waals surface area contributed by atoms with Crippen LogP contribution in [0, 0.1) is 12.8 Å². The summed E-state index contributed by atoms with van der Waals surface area (Å²) in [5, 5.41) is 11.8. The summed E-state index contributed by atoms with van der Waals surface area (Å²) in [6.07, 6.45) is 1.23. The van der Waals surface area contributed by atoms with Crippen LogP contribution in [0.25, 0.3) is 0 Å². The molecule has 4 rings (SSSR count). The number of nitrogens with zero attached hydrogens (tertiary/aromatic N) is 3. The molecule has 0 radical (unpaired) electrons. The number of nitrogens with one attached hydrogen (secondary N) is 2. The predicted octanol–water partition coefficient (Wildman–Crippen LogP) is 2.45. The van der Waals surface area contributed by atoms with Crippen molar-refractivity contribution in [3.05, 3.63) is 41.6 Å². The van der Waals surface area contributed by atoms with E-state index in [4.69, 9.17) is 0 Å². The smallest absolute Gasteiger partial charge is 0.124 e. The Morgan fingerprint density at radius 2 is 2.17 bits per heavy atom. The van der Waals surface area contributed by atoms with Crippen LogP contribution >= 0.6 is 0 Å². The molecule has 2 N–H and O–H groups in total. The lowest BCUT2D eigenvalue weighted by Gasteiger charge is -2.34. The quantitative estimate of drug-likeness (QED) is 0.906. The van der Waals surface area contributed by atoms with Crippen molar-refractivity contribution in [2.45, 2.75) is 25.8 Å². The van der Waals surface area contributed by atoms with Gasteiger partial charge in [-0.05, 0) is 25.0 Å². The van der Waals surface area contributed by atoms with Gasteiger partial charge in [-0.15, -0.1) is 0 Å². The number of anilines is 2. The second-order valence-corrected chi connectivity index (χ2v) is 7.22. The number of para-hydroxylation sites is 1. The molecule has 24 heavy (non-hydrogen) atoms. The van der Waals surface area contributed by atoms with Crippen LogP contribution in [-0.2, 0) is 6.54 Å². The zero-order chi connectivity index (χ0) is 16.5. The Labute approximate surface area is 144 Å². The first-order valence-corrected chi connectivity index (χ1v) is 9.00. The van der Waals surface area contributed by atoms with E-state index in [0.717, 1.165) is 44.2 Å². The van der Waals surface area contributed by atoms with E-state index in [1.54, 1.807) is 0 Å². The minimum Gasteiger partial charge on any atom is -0.374 e. The van der Waals surface area contributed by atoms with Gasteiger partial charge in [0.15, 0.2) is 0 Å². The van der Waals surface area contributed by atoms with Gasteiger partial charge in [-0.2, -0.15) is 5.10 Å². The third kappa shape index (κ3) is 3.00. The molecule has 0 aliphatic carbocycles. The summed E-state index contributed by atoms with van der Waals surface area (Å²) >= 11 is 0. The number of aromatic nitrogens is 2. The lowest BCUT2D eigenvalue weighted by Crippen LogP contribution is -2.38. The maximum atomic E-state index is 4.56. The second-order valence-electron chi connectivity index (χ2n) is 7.22. The molecule has 0 saturated heterocycles. The van der Waals surface area contributed by atoms with Gasteiger partial charge in [0.1, 0.15) is 5.82 Å². The average Bonchev–Trinajstić information content (AvgIpc) is 2.96. The maximum absolute atomic E-state index is 4.56. The van der Waals surface area contributed by atoms with Crippen molar-refractivity contribution in [1.82, 2.24) is 15.1 Å². The van der Waals surface area contributed by atoms with Crippen molar-refractivity contribution in [1.29, 1.82) is 0 Å².